The van der Waals surface area contributed by atoms with E-state index in [2.05, 4.69) is 24.0 Å². The number of hydrogen-bond acceptors (Lipinski definition) is 5. The fourth-order valence-corrected chi connectivity index (χ4v) is 1.59. The number of ether oxygens (including phenoxy) is 1. The zero-order chi connectivity index (χ0) is 13.1. The molecule has 0 bridgehead atoms. The van der Waals surface area contributed by atoms with Gasteiger partial charge >= 0.3 is 0 Å². The molecule has 1 rings (SSSR count). The van der Waals surface area contributed by atoms with Gasteiger partial charge in [0.25, 0.3) is 0 Å². The SMILES string of the molecule is COC(C)(C)c1noc(CC(N)CC(C)C)n1. The molecule has 5 nitrogen and oxygen atoms in total. The van der Waals surface area contributed by atoms with E-state index < -0.39 is 5.60 Å². The van der Waals surface area contributed by atoms with Crippen LogP contribution in [0.1, 0.15) is 45.8 Å². The molecule has 0 saturated heterocycles. The van der Waals surface area contributed by atoms with Crippen LogP contribution in [0.15, 0.2) is 4.52 Å². The van der Waals surface area contributed by atoms with Crippen LogP contribution in [0.2, 0.25) is 0 Å². The summed E-state index contributed by atoms with van der Waals surface area (Å²) in [7, 11) is 1.63. The summed E-state index contributed by atoms with van der Waals surface area (Å²) >= 11 is 0. The Kier molecular flexibility index (Phi) is 4.65. The topological polar surface area (TPSA) is 74.2 Å². The first kappa shape index (κ1) is 14.1. The summed E-state index contributed by atoms with van der Waals surface area (Å²) in [5.74, 6) is 1.72. The lowest BCUT2D eigenvalue weighted by atomic mass is 10.0. The molecule has 1 aromatic rings. The average molecular weight is 241 g/mol. The van der Waals surface area contributed by atoms with Crippen LogP contribution in [-0.4, -0.2) is 23.3 Å². The minimum absolute atomic E-state index is 0.0638. The highest BCUT2D eigenvalue weighted by Gasteiger charge is 2.26. The van der Waals surface area contributed by atoms with E-state index in [4.69, 9.17) is 15.0 Å². The van der Waals surface area contributed by atoms with E-state index in [1.54, 1.807) is 7.11 Å². The van der Waals surface area contributed by atoms with Crippen LogP contribution in [0.4, 0.5) is 0 Å². The van der Waals surface area contributed by atoms with Crippen LogP contribution in [0, 0.1) is 5.92 Å². The van der Waals surface area contributed by atoms with Gasteiger partial charge in [-0.05, 0) is 26.2 Å². The lowest BCUT2D eigenvalue weighted by molar-refractivity contribution is 0.00973. The Balaban J connectivity index is 2.63. The van der Waals surface area contributed by atoms with Crippen molar-refractivity contribution in [1.29, 1.82) is 0 Å². The smallest absolute Gasteiger partial charge is 0.228 e. The van der Waals surface area contributed by atoms with Crippen molar-refractivity contribution in [3.63, 3.8) is 0 Å². The Morgan fingerprint density at radius 3 is 2.59 bits per heavy atom. The van der Waals surface area contributed by atoms with Gasteiger partial charge in [0.05, 0.1) is 0 Å². The van der Waals surface area contributed by atoms with E-state index in [-0.39, 0.29) is 6.04 Å². The van der Waals surface area contributed by atoms with Crippen molar-refractivity contribution in [3.05, 3.63) is 11.7 Å². The Morgan fingerprint density at radius 2 is 2.06 bits per heavy atom. The molecule has 0 fully saturated rings. The zero-order valence-corrected chi connectivity index (χ0v) is 11.4. The normalized spacial score (nSPS) is 14.3. The summed E-state index contributed by atoms with van der Waals surface area (Å²) in [5.41, 5.74) is 5.47. The Hall–Kier alpha value is -0.940. The van der Waals surface area contributed by atoms with Crippen molar-refractivity contribution in [2.45, 2.75) is 52.2 Å². The number of methoxy groups -OCH3 is 1. The first-order chi connectivity index (χ1) is 7.85. The number of nitrogens with zero attached hydrogens (tertiary/aromatic N) is 2. The van der Waals surface area contributed by atoms with Crippen molar-refractivity contribution in [2.24, 2.45) is 11.7 Å². The second-order valence-electron chi connectivity index (χ2n) is 5.32. The molecule has 0 saturated carbocycles. The quantitative estimate of drug-likeness (QED) is 0.823. The predicted molar refractivity (Wildman–Crippen MR) is 65.5 cm³/mol. The van der Waals surface area contributed by atoms with Crippen molar-refractivity contribution < 1.29 is 9.26 Å². The minimum Gasteiger partial charge on any atom is -0.371 e. The molecule has 0 aliphatic rings. The molecule has 2 N–H and O–H groups in total. The van der Waals surface area contributed by atoms with Gasteiger partial charge in [-0.2, -0.15) is 4.98 Å². The van der Waals surface area contributed by atoms with Gasteiger partial charge < -0.3 is 15.0 Å². The molecule has 1 heterocycles. The molecule has 0 aromatic carbocycles. The van der Waals surface area contributed by atoms with Gasteiger partial charge in [-0.3, -0.25) is 0 Å². The molecular formula is C12H23N3O2. The Bertz CT molecular complexity index is 347. The third kappa shape index (κ3) is 4.09. The lowest BCUT2D eigenvalue weighted by Gasteiger charge is -2.17. The van der Waals surface area contributed by atoms with E-state index in [1.807, 2.05) is 13.8 Å². The lowest BCUT2D eigenvalue weighted by Crippen LogP contribution is -2.25. The summed E-state index contributed by atoms with van der Waals surface area (Å²) in [5, 5.41) is 3.92. The average Bonchev–Trinajstić information content (AvgIpc) is 2.65. The molecule has 0 aliphatic heterocycles. The third-order valence-corrected chi connectivity index (χ3v) is 2.73. The van der Waals surface area contributed by atoms with Crippen LogP contribution in [0.3, 0.4) is 0 Å². The van der Waals surface area contributed by atoms with E-state index >= 15 is 0 Å². The maximum absolute atomic E-state index is 6.00. The van der Waals surface area contributed by atoms with Crippen LogP contribution in [0.25, 0.3) is 0 Å². The van der Waals surface area contributed by atoms with Crippen molar-refractivity contribution in [2.75, 3.05) is 7.11 Å². The Labute approximate surface area is 103 Å². The molecular weight excluding hydrogens is 218 g/mol. The van der Waals surface area contributed by atoms with Crippen LogP contribution < -0.4 is 5.73 Å². The molecule has 1 atom stereocenters. The molecule has 1 unspecified atom stereocenters. The van der Waals surface area contributed by atoms with Crippen molar-refractivity contribution in [1.82, 2.24) is 10.1 Å². The Morgan fingerprint density at radius 1 is 1.41 bits per heavy atom. The van der Waals surface area contributed by atoms with E-state index in [0.717, 1.165) is 6.42 Å². The van der Waals surface area contributed by atoms with Gasteiger partial charge in [-0.15, -0.1) is 0 Å². The van der Waals surface area contributed by atoms with Crippen LogP contribution >= 0.6 is 0 Å². The van der Waals surface area contributed by atoms with E-state index in [9.17, 15) is 0 Å². The summed E-state index contributed by atoms with van der Waals surface area (Å²) < 4.78 is 10.5. The maximum atomic E-state index is 6.00. The molecule has 0 spiro atoms. The minimum atomic E-state index is -0.524. The monoisotopic (exact) mass is 241 g/mol. The largest absolute Gasteiger partial charge is 0.371 e. The maximum Gasteiger partial charge on any atom is 0.228 e. The number of nitrogens with two attached hydrogens (primary N) is 1. The second kappa shape index (κ2) is 5.60. The first-order valence-corrected chi connectivity index (χ1v) is 5.99. The summed E-state index contributed by atoms with van der Waals surface area (Å²) in [6, 6.07) is 0.0638. The molecule has 17 heavy (non-hydrogen) atoms. The molecule has 1 aromatic heterocycles. The number of aromatic nitrogens is 2. The number of hydrogen-bond donors (Lipinski definition) is 1. The molecule has 98 valence electrons. The van der Waals surface area contributed by atoms with Crippen LogP contribution in [-0.2, 0) is 16.8 Å². The highest BCUT2D eigenvalue weighted by atomic mass is 16.5. The molecule has 0 aliphatic carbocycles. The fourth-order valence-electron chi connectivity index (χ4n) is 1.59. The van der Waals surface area contributed by atoms with Crippen molar-refractivity contribution >= 4 is 0 Å². The molecule has 0 amide bonds. The fraction of sp³-hybridized carbons (Fsp3) is 0.833. The van der Waals surface area contributed by atoms with Gasteiger partial charge in [-0.25, -0.2) is 0 Å². The summed E-state index contributed by atoms with van der Waals surface area (Å²) in [6.07, 6.45) is 1.57. The van der Waals surface area contributed by atoms with Gasteiger partial charge in [0, 0.05) is 19.6 Å². The molecule has 0 radical (unpaired) electrons. The van der Waals surface area contributed by atoms with Crippen LogP contribution in [0.5, 0.6) is 0 Å². The highest BCUT2D eigenvalue weighted by Crippen LogP contribution is 2.20. The number of rotatable bonds is 6. The van der Waals surface area contributed by atoms with Gasteiger partial charge in [0.15, 0.2) is 0 Å². The summed E-state index contributed by atoms with van der Waals surface area (Å²) in [4.78, 5) is 4.32. The standard InChI is InChI=1S/C12H23N3O2/c1-8(2)6-9(13)7-10-14-11(15-17-10)12(3,4)16-5/h8-9H,6-7,13H2,1-5H3. The zero-order valence-electron chi connectivity index (χ0n) is 11.4. The van der Waals surface area contributed by atoms with Gasteiger partial charge in [-0.1, -0.05) is 19.0 Å². The first-order valence-electron chi connectivity index (χ1n) is 5.99. The third-order valence-electron chi connectivity index (χ3n) is 2.73. The summed E-state index contributed by atoms with van der Waals surface area (Å²) in [6.45, 7) is 8.09. The van der Waals surface area contributed by atoms with Gasteiger partial charge in [0.1, 0.15) is 5.60 Å². The van der Waals surface area contributed by atoms with E-state index in [0.29, 0.717) is 24.1 Å². The molecule has 5 heteroatoms. The highest BCUT2D eigenvalue weighted by molar-refractivity contribution is 4.98. The van der Waals surface area contributed by atoms with Crippen molar-refractivity contribution in [3.8, 4) is 0 Å². The predicted octanol–water partition coefficient (Wildman–Crippen LogP) is 1.87. The van der Waals surface area contributed by atoms with E-state index in [1.165, 1.54) is 0 Å². The van der Waals surface area contributed by atoms with Gasteiger partial charge in [0.2, 0.25) is 11.7 Å². The second-order valence-corrected chi connectivity index (χ2v) is 5.32.